The van der Waals surface area contributed by atoms with Crippen LogP contribution in [0.1, 0.15) is 0 Å². The molecule has 294 valence electrons. The summed E-state index contributed by atoms with van der Waals surface area (Å²) < 4.78 is 0. The molecular formula is C62H41N. The zero-order valence-electron chi connectivity index (χ0n) is 34.6. The van der Waals surface area contributed by atoms with Gasteiger partial charge in [0.05, 0.1) is 11.4 Å². The zero-order valence-corrected chi connectivity index (χ0v) is 34.6. The largest absolute Gasteiger partial charge is 0.309 e. The lowest BCUT2D eigenvalue weighted by molar-refractivity contribution is 1.32. The number of rotatable bonds is 7. The van der Waals surface area contributed by atoms with Crippen LogP contribution < -0.4 is 4.90 Å². The minimum absolute atomic E-state index is 1.11. The van der Waals surface area contributed by atoms with Crippen molar-refractivity contribution < 1.29 is 0 Å². The van der Waals surface area contributed by atoms with E-state index in [2.05, 4.69) is 254 Å². The highest BCUT2D eigenvalue weighted by Gasteiger charge is 2.24. The third-order valence-electron chi connectivity index (χ3n) is 12.8. The van der Waals surface area contributed by atoms with E-state index in [-0.39, 0.29) is 0 Å². The molecule has 12 aromatic rings. The van der Waals surface area contributed by atoms with Gasteiger partial charge in [0.2, 0.25) is 0 Å². The normalized spacial score (nSPS) is 11.5. The third-order valence-corrected chi connectivity index (χ3v) is 12.8. The van der Waals surface area contributed by atoms with Crippen molar-refractivity contribution in [2.45, 2.75) is 0 Å². The molecule has 12 aromatic carbocycles. The van der Waals surface area contributed by atoms with E-state index < -0.39 is 0 Å². The van der Waals surface area contributed by atoms with Gasteiger partial charge in [-0.1, -0.05) is 218 Å². The molecule has 0 fully saturated rings. The van der Waals surface area contributed by atoms with Crippen molar-refractivity contribution in [3.05, 3.63) is 249 Å². The first-order valence-electron chi connectivity index (χ1n) is 21.8. The summed E-state index contributed by atoms with van der Waals surface area (Å²) in [4.78, 5) is 2.47. The number of hydrogen-bond donors (Lipinski definition) is 0. The molecule has 1 heteroatoms. The van der Waals surface area contributed by atoms with E-state index in [0.717, 1.165) is 17.1 Å². The molecule has 0 atom stereocenters. The Balaban J connectivity index is 1.21. The topological polar surface area (TPSA) is 3.24 Å². The van der Waals surface area contributed by atoms with Gasteiger partial charge >= 0.3 is 0 Å². The number of nitrogens with zero attached hydrogens (tertiary/aromatic N) is 1. The van der Waals surface area contributed by atoms with Crippen LogP contribution in [0.4, 0.5) is 17.1 Å². The van der Waals surface area contributed by atoms with Crippen LogP contribution in [0.25, 0.3) is 98.4 Å². The van der Waals surface area contributed by atoms with Gasteiger partial charge in [-0.25, -0.2) is 0 Å². The highest BCUT2D eigenvalue weighted by atomic mass is 15.1. The van der Waals surface area contributed by atoms with Crippen LogP contribution in [-0.4, -0.2) is 0 Å². The Morgan fingerprint density at radius 3 is 1.30 bits per heavy atom. The number of anilines is 3. The molecule has 0 amide bonds. The van der Waals surface area contributed by atoms with Gasteiger partial charge in [0, 0.05) is 16.5 Å². The van der Waals surface area contributed by atoms with E-state index in [9.17, 15) is 0 Å². The summed E-state index contributed by atoms with van der Waals surface area (Å²) in [6.07, 6.45) is 0. The van der Waals surface area contributed by atoms with Crippen LogP contribution in [-0.2, 0) is 0 Å². The van der Waals surface area contributed by atoms with Gasteiger partial charge in [0.15, 0.2) is 0 Å². The van der Waals surface area contributed by atoms with Gasteiger partial charge in [0.25, 0.3) is 0 Å². The van der Waals surface area contributed by atoms with Gasteiger partial charge < -0.3 is 4.90 Å². The Hall–Kier alpha value is -8.26. The second kappa shape index (κ2) is 15.3. The molecular weight excluding hydrogens is 759 g/mol. The maximum Gasteiger partial charge on any atom is 0.0540 e. The van der Waals surface area contributed by atoms with Gasteiger partial charge in [-0.05, 0) is 118 Å². The van der Waals surface area contributed by atoms with E-state index in [1.165, 1.54) is 98.4 Å². The lowest BCUT2D eigenvalue weighted by atomic mass is 9.81. The molecule has 0 spiro atoms. The van der Waals surface area contributed by atoms with Crippen LogP contribution in [0.15, 0.2) is 249 Å². The predicted molar refractivity (Wildman–Crippen MR) is 270 cm³/mol. The Labute approximate surface area is 367 Å². The summed E-state index contributed by atoms with van der Waals surface area (Å²) >= 11 is 0. The molecule has 0 heterocycles. The van der Waals surface area contributed by atoms with Crippen LogP contribution in [0.3, 0.4) is 0 Å². The highest BCUT2D eigenvalue weighted by molar-refractivity contribution is 6.33. The average molecular weight is 800 g/mol. The van der Waals surface area contributed by atoms with Gasteiger partial charge in [-0.2, -0.15) is 0 Å². The first-order valence-corrected chi connectivity index (χ1v) is 21.8. The summed E-state index contributed by atoms with van der Waals surface area (Å²) in [7, 11) is 0. The Kier molecular flexibility index (Phi) is 8.90. The van der Waals surface area contributed by atoms with Crippen LogP contribution >= 0.6 is 0 Å². The monoisotopic (exact) mass is 799 g/mol. The minimum atomic E-state index is 1.11. The molecule has 0 saturated heterocycles. The van der Waals surface area contributed by atoms with Crippen LogP contribution in [0.5, 0.6) is 0 Å². The van der Waals surface area contributed by atoms with E-state index in [1.54, 1.807) is 0 Å². The molecule has 0 aliphatic carbocycles. The Morgan fingerprint density at radius 1 is 0.238 bits per heavy atom. The zero-order chi connectivity index (χ0) is 41.7. The maximum atomic E-state index is 2.47. The molecule has 0 radical (unpaired) electrons. The second-order valence-corrected chi connectivity index (χ2v) is 16.4. The van der Waals surface area contributed by atoms with Crippen molar-refractivity contribution in [2.24, 2.45) is 0 Å². The number of benzene rings is 12. The third kappa shape index (κ3) is 6.25. The quantitative estimate of drug-likeness (QED) is 0.145. The molecule has 0 saturated carbocycles. The first kappa shape index (κ1) is 36.6. The fourth-order valence-corrected chi connectivity index (χ4v) is 9.95. The first-order chi connectivity index (χ1) is 31.3. The van der Waals surface area contributed by atoms with Crippen molar-refractivity contribution in [1.82, 2.24) is 0 Å². The molecule has 63 heavy (non-hydrogen) atoms. The summed E-state index contributed by atoms with van der Waals surface area (Å²) in [6.45, 7) is 0. The standard InChI is InChI=1S/C62H41N/c1-4-18-42(19-5-1)43-34-36-47(37-35-43)55-41-56(46-20-6-2-7-21-46)61-53-31-15-14-30-52(53)57-40-49(38-39-54(57)62(61)60(55)48-24-8-3-9-25-48)63(58-32-16-26-44-22-10-12-28-50(44)58)59-33-17-27-45-23-11-13-29-51(45)59/h1-41H. The van der Waals surface area contributed by atoms with Crippen molar-refractivity contribution in [3.8, 4) is 44.5 Å². The van der Waals surface area contributed by atoms with Gasteiger partial charge in [0.1, 0.15) is 0 Å². The number of hydrogen-bond acceptors (Lipinski definition) is 1. The van der Waals surface area contributed by atoms with E-state index in [0.29, 0.717) is 0 Å². The summed E-state index contributed by atoms with van der Waals surface area (Å²) in [5.41, 5.74) is 13.1. The molecule has 1 nitrogen and oxygen atoms in total. The molecule has 0 bridgehead atoms. The molecule has 0 aliphatic heterocycles. The molecule has 0 N–H and O–H groups in total. The van der Waals surface area contributed by atoms with Crippen LogP contribution in [0.2, 0.25) is 0 Å². The van der Waals surface area contributed by atoms with Crippen molar-refractivity contribution in [2.75, 3.05) is 4.90 Å². The SMILES string of the molecule is c1ccc(-c2ccc(-c3cc(-c4ccccc4)c4c5ccccc5c5cc(N(c6cccc7ccccc67)c6cccc7ccccc67)ccc5c4c3-c3ccccc3)cc2)cc1. The molecule has 0 aromatic heterocycles. The lowest BCUT2D eigenvalue weighted by Crippen LogP contribution is -2.11. The highest BCUT2D eigenvalue weighted by Crippen LogP contribution is 2.51. The minimum Gasteiger partial charge on any atom is -0.309 e. The van der Waals surface area contributed by atoms with Crippen molar-refractivity contribution >= 4 is 70.9 Å². The van der Waals surface area contributed by atoms with E-state index >= 15 is 0 Å². The maximum absolute atomic E-state index is 2.47. The average Bonchev–Trinajstić information content (AvgIpc) is 3.37. The predicted octanol–water partition coefficient (Wildman–Crippen LogP) is 17.6. The smallest absolute Gasteiger partial charge is 0.0540 e. The fourth-order valence-electron chi connectivity index (χ4n) is 9.95. The lowest BCUT2D eigenvalue weighted by Gasteiger charge is -2.29. The Morgan fingerprint density at radius 2 is 0.683 bits per heavy atom. The Bertz CT molecular complexity index is 3560. The van der Waals surface area contributed by atoms with E-state index in [1.807, 2.05) is 0 Å². The van der Waals surface area contributed by atoms with Crippen LogP contribution in [0, 0.1) is 0 Å². The molecule has 0 unspecified atom stereocenters. The fraction of sp³-hybridized carbons (Fsp3) is 0. The summed E-state index contributed by atoms with van der Waals surface area (Å²) in [6, 6.07) is 91.2. The summed E-state index contributed by atoms with van der Waals surface area (Å²) in [5.74, 6) is 0. The molecule has 12 rings (SSSR count). The van der Waals surface area contributed by atoms with Gasteiger partial charge in [-0.15, -0.1) is 0 Å². The number of fused-ring (bicyclic) bond motifs is 8. The second-order valence-electron chi connectivity index (χ2n) is 16.4. The summed E-state index contributed by atoms with van der Waals surface area (Å²) in [5, 5.41) is 12.3. The van der Waals surface area contributed by atoms with Crippen molar-refractivity contribution in [3.63, 3.8) is 0 Å². The van der Waals surface area contributed by atoms with E-state index in [4.69, 9.17) is 0 Å². The molecule has 0 aliphatic rings. The van der Waals surface area contributed by atoms with Crippen molar-refractivity contribution in [1.29, 1.82) is 0 Å². The van der Waals surface area contributed by atoms with Gasteiger partial charge in [-0.3, -0.25) is 0 Å².